The van der Waals surface area contributed by atoms with E-state index in [0.717, 1.165) is 24.8 Å². The molecule has 0 spiro atoms. The van der Waals surface area contributed by atoms with E-state index in [1.165, 1.54) is 30.2 Å². The fraction of sp³-hybridized carbons (Fsp3) is 0.364. The lowest BCUT2D eigenvalue weighted by molar-refractivity contribution is -0.156. The molecule has 3 rings (SSSR count). The van der Waals surface area contributed by atoms with Gasteiger partial charge in [-0.05, 0) is 73.6 Å². The van der Waals surface area contributed by atoms with E-state index in [2.05, 4.69) is 5.32 Å². The molecule has 0 saturated heterocycles. The Kier molecular flexibility index (Phi) is 6.63. The quantitative estimate of drug-likeness (QED) is 0.710. The average molecular weight is 385 g/mol. The first kappa shape index (κ1) is 19.9. The van der Waals surface area contributed by atoms with E-state index in [1.54, 1.807) is 12.1 Å². The number of amides is 1. The van der Waals surface area contributed by atoms with Gasteiger partial charge in [-0.1, -0.05) is 18.2 Å². The zero-order valence-electron chi connectivity index (χ0n) is 15.9. The van der Waals surface area contributed by atoms with Crippen LogP contribution in [0.1, 0.15) is 30.0 Å². The lowest BCUT2D eigenvalue weighted by Crippen LogP contribution is -2.37. The Balaban J connectivity index is 1.37. The predicted octanol–water partition coefficient (Wildman–Crippen LogP) is 2.98. The van der Waals surface area contributed by atoms with Crippen molar-refractivity contribution in [2.24, 2.45) is 0 Å². The summed E-state index contributed by atoms with van der Waals surface area (Å²) in [4.78, 5) is 24.0. The highest BCUT2D eigenvalue weighted by molar-refractivity contribution is 5.83. The van der Waals surface area contributed by atoms with E-state index in [4.69, 9.17) is 9.47 Å². The maximum absolute atomic E-state index is 12.9. The number of rotatable bonds is 8. The topological polar surface area (TPSA) is 64.6 Å². The van der Waals surface area contributed by atoms with Gasteiger partial charge in [0.2, 0.25) is 0 Å². The van der Waals surface area contributed by atoms with Gasteiger partial charge in [0.05, 0.1) is 0 Å². The standard InChI is InChI=1S/C22H24FNO4/c1-15(22(26)24-12-11-16-5-8-19(23)9-6-16)28-21(25)14-27-20-10-7-17-3-2-4-18(17)13-20/h5-10,13,15H,2-4,11-12,14H2,1H3,(H,24,26)/t15-/m0/s1. The van der Waals surface area contributed by atoms with Gasteiger partial charge >= 0.3 is 5.97 Å². The van der Waals surface area contributed by atoms with E-state index in [0.29, 0.717) is 18.7 Å². The molecule has 0 aliphatic heterocycles. The summed E-state index contributed by atoms with van der Waals surface area (Å²) >= 11 is 0. The third-order valence-corrected chi connectivity index (χ3v) is 4.73. The van der Waals surface area contributed by atoms with Gasteiger partial charge in [0, 0.05) is 6.54 Å². The minimum absolute atomic E-state index is 0.244. The van der Waals surface area contributed by atoms with Crippen molar-refractivity contribution in [3.05, 3.63) is 65.0 Å². The molecule has 2 aromatic carbocycles. The molecule has 148 valence electrons. The summed E-state index contributed by atoms with van der Waals surface area (Å²) < 4.78 is 23.5. The average Bonchev–Trinajstić information content (AvgIpc) is 3.15. The highest BCUT2D eigenvalue weighted by atomic mass is 19.1. The van der Waals surface area contributed by atoms with Crippen LogP contribution in [0.4, 0.5) is 4.39 Å². The second-order valence-electron chi connectivity index (χ2n) is 6.87. The van der Waals surface area contributed by atoms with Gasteiger partial charge in [0.25, 0.3) is 5.91 Å². The molecule has 2 aromatic rings. The number of aryl methyl sites for hydroxylation is 2. The van der Waals surface area contributed by atoms with Gasteiger partial charge in [-0.15, -0.1) is 0 Å². The molecule has 0 bridgehead atoms. The number of halogens is 1. The lowest BCUT2D eigenvalue weighted by atomic mass is 10.1. The van der Waals surface area contributed by atoms with E-state index in [9.17, 15) is 14.0 Å². The van der Waals surface area contributed by atoms with Crippen LogP contribution in [0, 0.1) is 5.82 Å². The van der Waals surface area contributed by atoms with Crippen molar-refractivity contribution in [1.82, 2.24) is 5.32 Å². The van der Waals surface area contributed by atoms with Crippen molar-refractivity contribution in [2.45, 2.75) is 38.7 Å². The highest BCUT2D eigenvalue weighted by Crippen LogP contribution is 2.25. The molecule has 0 radical (unpaired) electrons. The second-order valence-corrected chi connectivity index (χ2v) is 6.87. The lowest BCUT2D eigenvalue weighted by Gasteiger charge is -2.14. The first-order chi connectivity index (χ1) is 13.5. The number of esters is 1. The Morgan fingerprint density at radius 1 is 1.11 bits per heavy atom. The van der Waals surface area contributed by atoms with Crippen LogP contribution in [0.15, 0.2) is 42.5 Å². The molecular formula is C22H24FNO4. The molecular weight excluding hydrogens is 361 g/mol. The molecule has 1 amide bonds. The van der Waals surface area contributed by atoms with Gasteiger partial charge in [0.15, 0.2) is 12.7 Å². The molecule has 1 N–H and O–H groups in total. The molecule has 0 unspecified atom stereocenters. The summed E-state index contributed by atoms with van der Waals surface area (Å²) in [6, 6.07) is 11.9. The zero-order chi connectivity index (χ0) is 19.9. The van der Waals surface area contributed by atoms with Crippen LogP contribution in [0.3, 0.4) is 0 Å². The molecule has 1 aliphatic carbocycles. The van der Waals surface area contributed by atoms with Crippen molar-refractivity contribution in [2.75, 3.05) is 13.2 Å². The van der Waals surface area contributed by atoms with Crippen LogP contribution in [-0.4, -0.2) is 31.1 Å². The first-order valence-electron chi connectivity index (χ1n) is 9.47. The largest absolute Gasteiger partial charge is 0.482 e. The van der Waals surface area contributed by atoms with Gasteiger partial charge in [0.1, 0.15) is 11.6 Å². The number of ether oxygens (including phenoxy) is 2. The van der Waals surface area contributed by atoms with Crippen molar-refractivity contribution in [1.29, 1.82) is 0 Å². The molecule has 1 atom stereocenters. The summed E-state index contributed by atoms with van der Waals surface area (Å²) in [5.74, 6) is -0.640. The van der Waals surface area contributed by atoms with Crippen LogP contribution in [0.2, 0.25) is 0 Å². The number of carbonyl (C=O) groups excluding carboxylic acids is 2. The van der Waals surface area contributed by atoms with Gasteiger partial charge in [-0.2, -0.15) is 0 Å². The molecule has 0 fully saturated rings. The van der Waals surface area contributed by atoms with Crippen molar-refractivity contribution < 1.29 is 23.5 Å². The van der Waals surface area contributed by atoms with Crippen LogP contribution in [0.25, 0.3) is 0 Å². The number of carbonyl (C=O) groups is 2. The van der Waals surface area contributed by atoms with Gasteiger partial charge in [-0.25, -0.2) is 9.18 Å². The summed E-state index contributed by atoms with van der Waals surface area (Å²) in [7, 11) is 0. The summed E-state index contributed by atoms with van der Waals surface area (Å²) in [5, 5.41) is 2.70. The van der Waals surface area contributed by atoms with E-state index >= 15 is 0 Å². The minimum Gasteiger partial charge on any atom is -0.482 e. The van der Waals surface area contributed by atoms with Crippen LogP contribution >= 0.6 is 0 Å². The normalized spacial score (nSPS) is 13.5. The Bertz CT molecular complexity index is 835. The monoisotopic (exact) mass is 385 g/mol. The Morgan fingerprint density at radius 3 is 2.64 bits per heavy atom. The van der Waals surface area contributed by atoms with Crippen molar-refractivity contribution in [3.8, 4) is 5.75 Å². The maximum Gasteiger partial charge on any atom is 0.344 e. The van der Waals surface area contributed by atoms with E-state index < -0.39 is 12.1 Å². The molecule has 0 saturated carbocycles. The van der Waals surface area contributed by atoms with Gasteiger partial charge < -0.3 is 14.8 Å². The van der Waals surface area contributed by atoms with E-state index in [-0.39, 0.29) is 18.3 Å². The molecule has 5 nitrogen and oxygen atoms in total. The fourth-order valence-corrected chi connectivity index (χ4v) is 3.19. The number of hydrogen-bond donors (Lipinski definition) is 1. The number of hydrogen-bond acceptors (Lipinski definition) is 4. The Hall–Kier alpha value is -2.89. The third-order valence-electron chi connectivity index (χ3n) is 4.73. The summed E-state index contributed by atoms with van der Waals surface area (Å²) in [5.41, 5.74) is 3.51. The van der Waals surface area contributed by atoms with E-state index in [1.807, 2.05) is 18.2 Å². The molecule has 0 aromatic heterocycles. The zero-order valence-corrected chi connectivity index (χ0v) is 15.9. The van der Waals surface area contributed by atoms with Crippen molar-refractivity contribution >= 4 is 11.9 Å². The number of fused-ring (bicyclic) bond motifs is 1. The summed E-state index contributed by atoms with van der Waals surface area (Å²) in [6.45, 7) is 1.64. The maximum atomic E-state index is 12.9. The molecule has 1 aliphatic rings. The SMILES string of the molecule is C[C@H](OC(=O)COc1ccc2c(c1)CCC2)C(=O)NCCc1ccc(F)cc1. The second kappa shape index (κ2) is 9.35. The first-order valence-corrected chi connectivity index (χ1v) is 9.47. The third kappa shape index (κ3) is 5.55. The van der Waals surface area contributed by atoms with Crippen molar-refractivity contribution in [3.63, 3.8) is 0 Å². The highest BCUT2D eigenvalue weighted by Gasteiger charge is 2.18. The Morgan fingerprint density at radius 2 is 1.86 bits per heavy atom. The van der Waals surface area contributed by atoms with Gasteiger partial charge in [-0.3, -0.25) is 4.79 Å². The minimum atomic E-state index is -0.913. The van der Waals surface area contributed by atoms with Crippen LogP contribution in [0.5, 0.6) is 5.75 Å². The van der Waals surface area contributed by atoms with Crippen LogP contribution < -0.4 is 10.1 Å². The Labute approximate surface area is 163 Å². The molecule has 28 heavy (non-hydrogen) atoms. The number of nitrogens with one attached hydrogen (secondary N) is 1. The molecule has 6 heteroatoms. The molecule has 0 heterocycles. The fourth-order valence-electron chi connectivity index (χ4n) is 3.19. The summed E-state index contributed by atoms with van der Waals surface area (Å²) in [6.07, 6.45) is 2.92. The smallest absolute Gasteiger partial charge is 0.344 e. The predicted molar refractivity (Wildman–Crippen MR) is 103 cm³/mol. The number of benzene rings is 2. The van der Waals surface area contributed by atoms with Crippen LogP contribution in [-0.2, 0) is 33.6 Å².